The highest BCUT2D eigenvalue weighted by atomic mass is 15.0. The molecule has 3 heteroatoms. The van der Waals surface area contributed by atoms with Gasteiger partial charge in [0, 0.05) is 12.7 Å². The molecule has 0 bridgehead atoms. The second-order valence-electron chi connectivity index (χ2n) is 4.07. The van der Waals surface area contributed by atoms with Crippen LogP contribution in [0.25, 0.3) is 0 Å². The van der Waals surface area contributed by atoms with Crippen LogP contribution in [-0.2, 0) is 0 Å². The Labute approximate surface area is 101 Å². The lowest BCUT2D eigenvalue weighted by molar-refractivity contribution is 0.592. The van der Waals surface area contributed by atoms with Crippen molar-refractivity contribution < 1.29 is 0 Å². The quantitative estimate of drug-likeness (QED) is 0.870. The van der Waals surface area contributed by atoms with Gasteiger partial charge < -0.3 is 10.3 Å². The standard InChI is InChI=1S/C14H15N3/c1-11-4-6-12(7-5-11)14(10-16)17-8-2-3-13(17)9-15/h2-8,14H,10,16H2,1H3. The highest BCUT2D eigenvalue weighted by Gasteiger charge is 2.13. The fourth-order valence-electron chi connectivity index (χ4n) is 1.96. The van der Waals surface area contributed by atoms with Crippen LogP contribution in [0.4, 0.5) is 0 Å². The van der Waals surface area contributed by atoms with Crippen molar-refractivity contribution in [2.75, 3.05) is 6.54 Å². The van der Waals surface area contributed by atoms with E-state index in [1.807, 2.05) is 16.8 Å². The van der Waals surface area contributed by atoms with Crippen LogP contribution in [0, 0.1) is 18.3 Å². The predicted molar refractivity (Wildman–Crippen MR) is 67.5 cm³/mol. The summed E-state index contributed by atoms with van der Waals surface area (Å²) in [6.07, 6.45) is 1.90. The Morgan fingerprint density at radius 1 is 1.29 bits per heavy atom. The van der Waals surface area contributed by atoms with Crippen LogP contribution in [0.2, 0.25) is 0 Å². The van der Waals surface area contributed by atoms with Gasteiger partial charge in [0.15, 0.2) is 0 Å². The molecule has 0 amide bonds. The molecule has 3 nitrogen and oxygen atoms in total. The fraction of sp³-hybridized carbons (Fsp3) is 0.214. The van der Waals surface area contributed by atoms with E-state index < -0.39 is 0 Å². The van der Waals surface area contributed by atoms with E-state index in [1.165, 1.54) is 5.56 Å². The number of benzene rings is 1. The van der Waals surface area contributed by atoms with Gasteiger partial charge in [-0.25, -0.2) is 0 Å². The summed E-state index contributed by atoms with van der Waals surface area (Å²) in [6.45, 7) is 2.53. The summed E-state index contributed by atoms with van der Waals surface area (Å²) in [5.41, 5.74) is 8.82. The average molecular weight is 225 g/mol. The maximum atomic E-state index is 9.03. The molecule has 0 spiro atoms. The average Bonchev–Trinajstić information content (AvgIpc) is 2.81. The van der Waals surface area contributed by atoms with E-state index in [0.29, 0.717) is 12.2 Å². The zero-order chi connectivity index (χ0) is 12.3. The van der Waals surface area contributed by atoms with E-state index >= 15 is 0 Å². The summed E-state index contributed by atoms with van der Waals surface area (Å²) in [7, 11) is 0. The Morgan fingerprint density at radius 3 is 2.59 bits per heavy atom. The molecule has 0 aliphatic rings. The molecule has 0 saturated carbocycles. The molecular formula is C14H15N3. The minimum absolute atomic E-state index is 0.0280. The number of aromatic nitrogens is 1. The lowest BCUT2D eigenvalue weighted by Crippen LogP contribution is -2.20. The second kappa shape index (κ2) is 4.86. The zero-order valence-corrected chi connectivity index (χ0v) is 9.80. The Balaban J connectivity index is 2.41. The van der Waals surface area contributed by atoms with Gasteiger partial charge in [-0.1, -0.05) is 29.8 Å². The summed E-state index contributed by atoms with van der Waals surface area (Å²) >= 11 is 0. The van der Waals surface area contributed by atoms with Crippen LogP contribution in [0.5, 0.6) is 0 Å². The molecule has 1 heterocycles. The van der Waals surface area contributed by atoms with Gasteiger partial charge in [0.2, 0.25) is 0 Å². The van der Waals surface area contributed by atoms with Gasteiger partial charge >= 0.3 is 0 Å². The number of hydrogen-bond donors (Lipinski definition) is 1. The lowest BCUT2D eigenvalue weighted by atomic mass is 10.0. The van der Waals surface area contributed by atoms with E-state index in [0.717, 1.165) is 5.56 Å². The smallest absolute Gasteiger partial charge is 0.120 e. The van der Waals surface area contributed by atoms with Crippen molar-refractivity contribution in [1.82, 2.24) is 4.57 Å². The number of nitrogens with zero attached hydrogens (tertiary/aromatic N) is 2. The van der Waals surface area contributed by atoms with Crippen molar-refractivity contribution in [3.05, 3.63) is 59.4 Å². The predicted octanol–water partition coefficient (Wildman–Crippen LogP) is 2.22. The van der Waals surface area contributed by atoms with Gasteiger partial charge in [0.25, 0.3) is 0 Å². The molecule has 1 atom stereocenters. The SMILES string of the molecule is Cc1ccc(C(CN)n2cccc2C#N)cc1. The van der Waals surface area contributed by atoms with Crippen molar-refractivity contribution >= 4 is 0 Å². The minimum atomic E-state index is 0.0280. The highest BCUT2D eigenvalue weighted by Crippen LogP contribution is 2.20. The first-order valence-corrected chi connectivity index (χ1v) is 5.60. The van der Waals surface area contributed by atoms with Gasteiger partial charge in [-0.2, -0.15) is 5.26 Å². The molecule has 2 N–H and O–H groups in total. The molecule has 2 rings (SSSR count). The zero-order valence-electron chi connectivity index (χ0n) is 9.80. The first-order chi connectivity index (χ1) is 8.26. The van der Waals surface area contributed by atoms with Crippen molar-refractivity contribution in [3.8, 4) is 6.07 Å². The van der Waals surface area contributed by atoms with Gasteiger partial charge in [-0.05, 0) is 24.6 Å². The summed E-state index contributed by atoms with van der Waals surface area (Å²) < 4.78 is 1.92. The third-order valence-corrected chi connectivity index (χ3v) is 2.91. The monoisotopic (exact) mass is 225 g/mol. The van der Waals surface area contributed by atoms with Gasteiger partial charge in [0.05, 0.1) is 6.04 Å². The van der Waals surface area contributed by atoms with Crippen molar-refractivity contribution in [2.45, 2.75) is 13.0 Å². The highest BCUT2D eigenvalue weighted by molar-refractivity contribution is 5.29. The van der Waals surface area contributed by atoms with Gasteiger partial charge in [0.1, 0.15) is 11.8 Å². The molecule has 0 radical (unpaired) electrons. The van der Waals surface area contributed by atoms with E-state index in [2.05, 4.69) is 37.3 Å². The summed E-state index contributed by atoms with van der Waals surface area (Å²) in [5.74, 6) is 0. The number of nitrogens with two attached hydrogens (primary N) is 1. The Morgan fingerprint density at radius 2 is 2.00 bits per heavy atom. The number of nitriles is 1. The number of hydrogen-bond acceptors (Lipinski definition) is 2. The maximum Gasteiger partial charge on any atom is 0.120 e. The van der Waals surface area contributed by atoms with Crippen molar-refractivity contribution in [1.29, 1.82) is 5.26 Å². The molecule has 0 saturated heterocycles. The van der Waals surface area contributed by atoms with Crippen LogP contribution < -0.4 is 5.73 Å². The van der Waals surface area contributed by atoms with Crippen molar-refractivity contribution in [3.63, 3.8) is 0 Å². The Kier molecular flexibility index (Phi) is 3.27. The Bertz CT molecular complexity index is 531. The maximum absolute atomic E-state index is 9.03. The fourth-order valence-corrected chi connectivity index (χ4v) is 1.96. The molecule has 1 aromatic carbocycles. The van der Waals surface area contributed by atoms with Crippen LogP contribution in [0.3, 0.4) is 0 Å². The van der Waals surface area contributed by atoms with Crippen LogP contribution in [-0.4, -0.2) is 11.1 Å². The second-order valence-corrected chi connectivity index (χ2v) is 4.07. The summed E-state index contributed by atoms with van der Waals surface area (Å²) in [5, 5.41) is 9.03. The van der Waals surface area contributed by atoms with Gasteiger partial charge in [-0.3, -0.25) is 0 Å². The number of aryl methyl sites for hydroxylation is 1. The first-order valence-electron chi connectivity index (χ1n) is 5.60. The van der Waals surface area contributed by atoms with E-state index in [4.69, 9.17) is 11.0 Å². The van der Waals surface area contributed by atoms with Gasteiger partial charge in [-0.15, -0.1) is 0 Å². The minimum Gasteiger partial charge on any atom is -0.331 e. The molecule has 0 aliphatic heterocycles. The van der Waals surface area contributed by atoms with Crippen LogP contribution >= 0.6 is 0 Å². The summed E-state index contributed by atoms with van der Waals surface area (Å²) in [4.78, 5) is 0. The van der Waals surface area contributed by atoms with Crippen molar-refractivity contribution in [2.24, 2.45) is 5.73 Å². The summed E-state index contributed by atoms with van der Waals surface area (Å²) in [6, 6.07) is 14.1. The lowest BCUT2D eigenvalue weighted by Gasteiger charge is -2.18. The number of rotatable bonds is 3. The molecule has 0 aliphatic carbocycles. The molecular weight excluding hydrogens is 210 g/mol. The van der Waals surface area contributed by atoms with Crippen LogP contribution in [0.1, 0.15) is 22.9 Å². The van der Waals surface area contributed by atoms with E-state index in [-0.39, 0.29) is 6.04 Å². The normalized spacial score (nSPS) is 12.1. The third kappa shape index (κ3) is 2.22. The molecule has 2 aromatic rings. The van der Waals surface area contributed by atoms with E-state index in [1.54, 1.807) is 6.07 Å². The first kappa shape index (κ1) is 11.4. The molecule has 86 valence electrons. The van der Waals surface area contributed by atoms with Crippen LogP contribution in [0.15, 0.2) is 42.6 Å². The molecule has 17 heavy (non-hydrogen) atoms. The third-order valence-electron chi connectivity index (χ3n) is 2.91. The largest absolute Gasteiger partial charge is 0.331 e. The topological polar surface area (TPSA) is 54.7 Å². The molecule has 1 unspecified atom stereocenters. The Hall–Kier alpha value is -2.05. The molecule has 0 fully saturated rings. The molecule has 1 aromatic heterocycles. The van der Waals surface area contributed by atoms with E-state index in [9.17, 15) is 0 Å².